The molecular formula is C19H21ClN4O2S. The molecule has 27 heavy (non-hydrogen) atoms. The number of carbonyl (C=O) groups is 1. The number of hydrogen-bond acceptors (Lipinski definition) is 4. The molecule has 0 atom stereocenters. The van der Waals surface area contributed by atoms with Gasteiger partial charge in [0.2, 0.25) is 0 Å². The van der Waals surface area contributed by atoms with Crippen LogP contribution in [0.5, 0.6) is 0 Å². The normalized spacial score (nSPS) is 11.1. The Bertz CT molecular complexity index is 882. The fourth-order valence-electron chi connectivity index (χ4n) is 2.31. The molecule has 8 heteroatoms. The van der Waals surface area contributed by atoms with Crippen LogP contribution < -0.4 is 10.9 Å². The molecule has 2 rings (SSSR count). The van der Waals surface area contributed by atoms with Gasteiger partial charge in [0, 0.05) is 25.2 Å². The van der Waals surface area contributed by atoms with E-state index in [-0.39, 0.29) is 5.69 Å². The molecule has 0 bridgehead atoms. The highest BCUT2D eigenvalue weighted by atomic mass is 35.5. The van der Waals surface area contributed by atoms with E-state index >= 15 is 0 Å². The van der Waals surface area contributed by atoms with E-state index in [0.717, 1.165) is 16.1 Å². The SMILES string of the molecule is COC(=O)N(N)c1cc(C(=S)N=C(c2ccc(C)cc2)N(C)C)ccc1Cl. The summed E-state index contributed by atoms with van der Waals surface area (Å²) in [5, 5.41) is 1.12. The highest BCUT2D eigenvalue weighted by Gasteiger charge is 2.17. The number of hydrazine groups is 1. The minimum Gasteiger partial charge on any atom is -0.452 e. The van der Waals surface area contributed by atoms with Crippen molar-refractivity contribution in [1.82, 2.24) is 4.90 Å². The lowest BCUT2D eigenvalue weighted by atomic mass is 10.1. The second kappa shape index (κ2) is 8.94. The Morgan fingerprint density at radius 2 is 1.74 bits per heavy atom. The van der Waals surface area contributed by atoms with Gasteiger partial charge in [-0.25, -0.2) is 20.6 Å². The molecular weight excluding hydrogens is 384 g/mol. The number of anilines is 1. The van der Waals surface area contributed by atoms with Crippen LogP contribution in [0.4, 0.5) is 10.5 Å². The number of thiocarbonyl (C=S) groups is 1. The molecule has 6 nitrogen and oxygen atoms in total. The number of carbonyl (C=O) groups excluding carboxylic acids is 1. The summed E-state index contributed by atoms with van der Waals surface area (Å²) in [5.74, 6) is 6.48. The number of amides is 1. The van der Waals surface area contributed by atoms with E-state index in [2.05, 4.69) is 9.73 Å². The Labute approximate surface area is 169 Å². The van der Waals surface area contributed by atoms with Crippen LogP contribution in [0.25, 0.3) is 0 Å². The van der Waals surface area contributed by atoms with Crippen molar-refractivity contribution in [3.05, 3.63) is 64.2 Å². The van der Waals surface area contributed by atoms with Crippen molar-refractivity contribution in [3.63, 3.8) is 0 Å². The largest absolute Gasteiger partial charge is 0.452 e. The Morgan fingerprint density at radius 3 is 2.30 bits per heavy atom. The van der Waals surface area contributed by atoms with Gasteiger partial charge in [-0.3, -0.25) is 0 Å². The number of ether oxygens (including phenoxy) is 1. The van der Waals surface area contributed by atoms with Gasteiger partial charge in [0.1, 0.15) is 10.8 Å². The van der Waals surface area contributed by atoms with Gasteiger partial charge >= 0.3 is 6.09 Å². The molecule has 0 fully saturated rings. The smallest absolute Gasteiger partial charge is 0.428 e. The van der Waals surface area contributed by atoms with Crippen LogP contribution in [0.1, 0.15) is 16.7 Å². The van der Waals surface area contributed by atoms with E-state index in [4.69, 9.17) is 29.7 Å². The number of rotatable bonds is 3. The first-order chi connectivity index (χ1) is 12.7. The van der Waals surface area contributed by atoms with Gasteiger partial charge in [-0.1, -0.05) is 59.7 Å². The summed E-state index contributed by atoms with van der Waals surface area (Å²) in [6.07, 6.45) is -0.739. The summed E-state index contributed by atoms with van der Waals surface area (Å²) < 4.78 is 4.62. The average molecular weight is 405 g/mol. The maximum atomic E-state index is 11.7. The zero-order valence-electron chi connectivity index (χ0n) is 15.6. The molecule has 2 aromatic rings. The van der Waals surface area contributed by atoms with Crippen LogP contribution in [0.15, 0.2) is 47.5 Å². The molecule has 142 valence electrons. The fourth-order valence-corrected chi connectivity index (χ4v) is 2.74. The van der Waals surface area contributed by atoms with Crippen LogP contribution in [0.2, 0.25) is 5.02 Å². The molecule has 0 aromatic heterocycles. The minimum atomic E-state index is -0.739. The zero-order valence-corrected chi connectivity index (χ0v) is 17.1. The molecule has 0 unspecified atom stereocenters. The van der Waals surface area contributed by atoms with Crippen molar-refractivity contribution in [3.8, 4) is 0 Å². The average Bonchev–Trinajstić information content (AvgIpc) is 2.65. The van der Waals surface area contributed by atoms with Crippen LogP contribution in [0, 0.1) is 6.92 Å². The first kappa shape index (κ1) is 20.8. The summed E-state index contributed by atoms with van der Waals surface area (Å²) in [6.45, 7) is 2.02. The molecule has 0 spiro atoms. The number of amidine groups is 1. The van der Waals surface area contributed by atoms with Crippen molar-refractivity contribution in [2.24, 2.45) is 10.8 Å². The van der Waals surface area contributed by atoms with Crippen LogP contribution in [0.3, 0.4) is 0 Å². The molecule has 0 aliphatic heterocycles. The number of aryl methyl sites for hydroxylation is 1. The maximum Gasteiger partial charge on any atom is 0.428 e. The van der Waals surface area contributed by atoms with E-state index in [0.29, 0.717) is 21.4 Å². The second-order valence-electron chi connectivity index (χ2n) is 6.01. The summed E-state index contributed by atoms with van der Waals surface area (Å²) in [7, 11) is 5.03. The molecule has 0 saturated carbocycles. The molecule has 2 aromatic carbocycles. The molecule has 1 amide bonds. The lowest BCUT2D eigenvalue weighted by molar-refractivity contribution is 0.178. The number of hydrogen-bond donors (Lipinski definition) is 1. The first-order valence-corrected chi connectivity index (χ1v) is 8.83. The molecule has 0 saturated heterocycles. The number of methoxy groups -OCH3 is 1. The third-order valence-electron chi connectivity index (χ3n) is 3.76. The van der Waals surface area contributed by atoms with Crippen molar-refractivity contribution in [2.75, 3.05) is 26.2 Å². The van der Waals surface area contributed by atoms with E-state index in [9.17, 15) is 4.79 Å². The number of halogens is 1. The summed E-state index contributed by atoms with van der Waals surface area (Å²) >= 11 is 11.6. The topological polar surface area (TPSA) is 71.2 Å². The van der Waals surface area contributed by atoms with Gasteiger partial charge in [0.25, 0.3) is 0 Å². The predicted molar refractivity (Wildman–Crippen MR) is 114 cm³/mol. The first-order valence-electron chi connectivity index (χ1n) is 8.04. The molecule has 0 heterocycles. The Hall–Kier alpha value is -2.48. The number of nitrogens with zero attached hydrogens (tertiary/aromatic N) is 3. The van der Waals surface area contributed by atoms with Gasteiger partial charge < -0.3 is 9.64 Å². The van der Waals surface area contributed by atoms with Gasteiger partial charge in [-0.2, -0.15) is 0 Å². The Morgan fingerprint density at radius 1 is 1.15 bits per heavy atom. The second-order valence-corrected chi connectivity index (χ2v) is 6.80. The van der Waals surface area contributed by atoms with Gasteiger partial charge in [0.05, 0.1) is 17.8 Å². The number of nitrogens with two attached hydrogens (primary N) is 1. The zero-order chi connectivity index (χ0) is 20.1. The van der Waals surface area contributed by atoms with Gasteiger partial charge in [-0.15, -0.1) is 0 Å². The Balaban J connectivity index is 2.42. The van der Waals surface area contributed by atoms with E-state index < -0.39 is 6.09 Å². The van der Waals surface area contributed by atoms with Crippen LogP contribution in [-0.4, -0.2) is 43.0 Å². The maximum absolute atomic E-state index is 11.7. The number of benzene rings is 2. The summed E-state index contributed by atoms with van der Waals surface area (Å²) in [4.78, 5) is 18.5. The molecule has 2 N–H and O–H groups in total. The standard InChI is InChI=1S/C19H21ClN4O2S/c1-12-5-7-13(8-6-12)17(23(2)3)22-18(27)14-9-10-15(20)16(11-14)24(21)19(25)26-4/h5-11H,21H2,1-4H3. The van der Waals surface area contributed by atoms with Crippen molar-refractivity contribution in [1.29, 1.82) is 0 Å². The molecule has 0 radical (unpaired) electrons. The van der Waals surface area contributed by atoms with Crippen LogP contribution >= 0.6 is 23.8 Å². The van der Waals surface area contributed by atoms with Crippen molar-refractivity contribution in [2.45, 2.75) is 6.92 Å². The van der Waals surface area contributed by atoms with E-state index in [1.165, 1.54) is 7.11 Å². The highest BCUT2D eigenvalue weighted by Crippen LogP contribution is 2.26. The lowest BCUT2D eigenvalue weighted by Crippen LogP contribution is -2.37. The molecule has 0 aliphatic carbocycles. The minimum absolute atomic E-state index is 0.278. The third-order valence-corrected chi connectivity index (χ3v) is 4.41. The van der Waals surface area contributed by atoms with Crippen LogP contribution in [-0.2, 0) is 4.74 Å². The fraction of sp³-hybridized carbons (Fsp3) is 0.211. The van der Waals surface area contributed by atoms with Crippen molar-refractivity contribution < 1.29 is 9.53 Å². The third kappa shape index (κ3) is 5.03. The van der Waals surface area contributed by atoms with Crippen molar-refractivity contribution >= 4 is 46.4 Å². The quantitative estimate of drug-likeness (QED) is 0.210. The monoisotopic (exact) mass is 404 g/mol. The van der Waals surface area contributed by atoms with E-state index in [1.807, 2.05) is 50.2 Å². The predicted octanol–water partition coefficient (Wildman–Crippen LogP) is 3.78. The van der Waals surface area contributed by atoms with E-state index in [1.54, 1.807) is 18.2 Å². The number of aliphatic imine (C=N–C) groups is 1. The van der Waals surface area contributed by atoms with Gasteiger partial charge in [0.15, 0.2) is 0 Å². The summed E-state index contributed by atoms with van der Waals surface area (Å²) in [6, 6.07) is 12.9. The lowest BCUT2D eigenvalue weighted by Gasteiger charge is -2.18. The Kier molecular flexibility index (Phi) is 6.90. The summed E-state index contributed by atoms with van der Waals surface area (Å²) in [5.41, 5.74) is 2.99. The molecule has 0 aliphatic rings. The van der Waals surface area contributed by atoms with Gasteiger partial charge in [-0.05, 0) is 19.1 Å². The highest BCUT2D eigenvalue weighted by molar-refractivity contribution is 7.80.